The average Bonchev–Trinajstić information content (AvgIpc) is 2.29. The third-order valence-corrected chi connectivity index (χ3v) is 2.55. The number of aryl methyl sites for hydroxylation is 1. The molecular formula is C14H20O2. The van der Waals surface area contributed by atoms with Gasteiger partial charge in [0.05, 0.1) is 13.2 Å². The summed E-state index contributed by atoms with van der Waals surface area (Å²) >= 11 is 0. The van der Waals surface area contributed by atoms with Gasteiger partial charge in [0.15, 0.2) is 0 Å². The first kappa shape index (κ1) is 12.8. The minimum absolute atomic E-state index is 0.257. The summed E-state index contributed by atoms with van der Waals surface area (Å²) in [6, 6.07) is 6.16. The fourth-order valence-electron chi connectivity index (χ4n) is 1.47. The summed E-state index contributed by atoms with van der Waals surface area (Å²) in [6.45, 7) is 4.13. The zero-order valence-electron chi connectivity index (χ0n) is 10.5. The second-order valence-corrected chi connectivity index (χ2v) is 3.93. The Labute approximate surface area is 97.9 Å². The van der Waals surface area contributed by atoms with E-state index in [0.717, 1.165) is 17.7 Å². The van der Waals surface area contributed by atoms with Gasteiger partial charge in [-0.05, 0) is 32.4 Å². The van der Waals surface area contributed by atoms with Crippen LogP contribution < -0.4 is 4.74 Å². The number of benzene rings is 1. The molecular weight excluding hydrogens is 200 g/mol. The SMILES string of the molecule is COc1ccc(C)cc1/C=C/C[C@H](C)OC. The van der Waals surface area contributed by atoms with Gasteiger partial charge in [-0.1, -0.05) is 23.8 Å². The number of rotatable bonds is 5. The van der Waals surface area contributed by atoms with Crippen molar-refractivity contribution in [2.24, 2.45) is 0 Å². The van der Waals surface area contributed by atoms with Gasteiger partial charge in [0.2, 0.25) is 0 Å². The van der Waals surface area contributed by atoms with Crippen molar-refractivity contribution in [2.75, 3.05) is 14.2 Å². The molecule has 1 rings (SSSR count). The van der Waals surface area contributed by atoms with Gasteiger partial charge in [-0.2, -0.15) is 0 Å². The molecule has 1 aromatic rings. The molecule has 0 aliphatic carbocycles. The lowest BCUT2D eigenvalue weighted by atomic mass is 10.1. The standard InChI is InChI=1S/C14H20O2/c1-11-8-9-14(16-4)13(10-11)7-5-6-12(2)15-3/h5,7-10,12H,6H2,1-4H3/b7-5+/t12-/m0/s1. The maximum atomic E-state index is 5.30. The molecule has 0 aromatic heterocycles. The van der Waals surface area contributed by atoms with Crippen LogP contribution in [0.3, 0.4) is 0 Å². The summed E-state index contributed by atoms with van der Waals surface area (Å²) in [4.78, 5) is 0. The molecule has 0 aliphatic heterocycles. The van der Waals surface area contributed by atoms with Crippen molar-refractivity contribution < 1.29 is 9.47 Å². The Morgan fingerprint density at radius 1 is 1.31 bits per heavy atom. The molecule has 2 heteroatoms. The van der Waals surface area contributed by atoms with E-state index in [1.165, 1.54) is 5.56 Å². The van der Waals surface area contributed by atoms with Crippen LogP contribution in [-0.2, 0) is 4.74 Å². The normalized spacial score (nSPS) is 13.0. The molecule has 88 valence electrons. The molecule has 16 heavy (non-hydrogen) atoms. The zero-order chi connectivity index (χ0) is 12.0. The van der Waals surface area contributed by atoms with Crippen molar-refractivity contribution in [3.05, 3.63) is 35.4 Å². The van der Waals surface area contributed by atoms with Crippen LogP contribution in [0.25, 0.3) is 6.08 Å². The van der Waals surface area contributed by atoms with E-state index in [2.05, 4.69) is 32.1 Å². The Morgan fingerprint density at radius 2 is 2.06 bits per heavy atom. The van der Waals surface area contributed by atoms with Crippen LogP contribution in [0.15, 0.2) is 24.3 Å². The van der Waals surface area contributed by atoms with Gasteiger partial charge in [-0.25, -0.2) is 0 Å². The van der Waals surface area contributed by atoms with Crippen LogP contribution in [0.1, 0.15) is 24.5 Å². The van der Waals surface area contributed by atoms with Crippen LogP contribution >= 0.6 is 0 Å². The van der Waals surface area contributed by atoms with Crippen LogP contribution in [0, 0.1) is 6.92 Å². The van der Waals surface area contributed by atoms with Gasteiger partial charge in [0.25, 0.3) is 0 Å². The first-order valence-corrected chi connectivity index (χ1v) is 5.51. The molecule has 0 saturated heterocycles. The van der Waals surface area contributed by atoms with E-state index in [0.29, 0.717) is 0 Å². The predicted octanol–water partition coefficient (Wildman–Crippen LogP) is 3.44. The van der Waals surface area contributed by atoms with Crippen molar-refractivity contribution >= 4 is 6.08 Å². The number of ether oxygens (including phenoxy) is 2. The van der Waals surface area contributed by atoms with Gasteiger partial charge >= 0.3 is 0 Å². The topological polar surface area (TPSA) is 18.5 Å². The maximum Gasteiger partial charge on any atom is 0.126 e. The fourth-order valence-corrected chi connectivity index (χ4v) is 1.47. The van der Waals surface area contributed by atoms with Crippen molar-refractivity contribution in [3.63, 3.8) is 0 Å². The van der Waals surface area contributed by atoms with Gasteiger partial charge in [0, 0.05) is 12.7 Å². The second-order valence-electron chi connectivity index (χ2n) is 3.93. The maximum absolute atomic E-state index is 5.30. The van der Waals surface area contributed by atoms with Gasteiger partial charge in [-0.15, -0.1) is 0 Å². The van der Waals surface area contributed by atoms with Crippen molar-refractivity contribution in [1.82, 2.24) is 0 Å². The first-order valence-electron chi connectivity index (χ1n) is 5.51. The molecule has 0 radical (unpaired) electrons. The van der Waals surface area contributed by atoms with E-state index >= 15 is 0 Å². The molecule has 0 spiro atoms. The molecule has 1 atom stereocenters. The smallest absolute Gasteiger partial charge is 0.126 e. The summed E-state index contributed by atoms with van der Waals surface area (Å²) < 4.78 is 10.5. The lowest BCUT2D eigenvalue weighted by Gasteiger charge is -2.07. The van der Waals surface area contributed by atoms with E-state index in [1.807, 2.05) is 12.1 Å². The van der Waals surface area contributed by atoms with Crippen LogP contribution in [0.4, 0.5) is 0 Å². The van der Waals surface area contributed by atoms with Gasteiger partial charge < -0.3 is 9.47 Å². The molecule has 1 aromatic carbocycles. The molecule has 0 N–H and O–H groups in total. The fraction of sp³-hybridized carbons (Fsp3) is 0.429. The molecule has 0 unspecified atom stereocenters. The highest BCUT2D eigenvalue weighted by molar-refractivity contribution is 5.58. The summed E-state index contributed by atoms with van der Waals surface area (Å²) in [5.74, 6) is 0.909. The Kier molecular flexibility index (Phi) is 5.06. The van der Waals surface area contributed by atoms with Gasteiger partial charge in [0.1, 0.15) is 5.75 Å². The highest BCUT2D eigenvalue weighted by Crippen LogP contribution is 2.21. The van der Waals surface area contributed by atoms with Crippen LogP contribution in [0.2, 0.25) is 0 Å². The summed E-state index contributed by atoms with van der Waals surface area (Å²) in [5.41, 5.74) is 2.35. The molecule has 0 saturated carbocycles. The lowest BCUT2D eigenvalue weighted by Crippen LogP contribution is -2.01. The van der Waals surface area contributed by atoms with Crippen molar-refractivity contribution in [1.29, 1.82) is 0 Å². The molecule has 0 fully saturated rings. The average molecular weight is 220 g/mol. The largest absolute Gasteiger partial charge is 0.496 e. The minimum atomic E-state index is 0.257. The quantitative estimate of drug-likeness (QED) is 0.756. The highest BCUT2D eigenvalue weighted by Gasteiger charge is 2.00. The summed E-state index contributed by atoms with van der Waals surface area (Å²) in [6.07, 6.45) is 5.37. The highest BCUT2D eigenvalue weighted by atomic mass is 16.5. The summed E-state index contributed by atoms with van der Waals surface area (Å²) in [5, 5.41) is 0. The number of hydrogen-bond donors (Lipinski definition) is 0. The Balaban J connectivity index is 2.75. The third kappa shape index (κ3) is 3.70. The third-order valence-electron chi connectivity index (χ3n) is 2.55. The molecule has 2 nitrogen and oxygen atoms in total. The molecule has 0 heterocycles. The van der Waals surface area contributed by atoms with E-state index in [1.54, 1.807) is 14.2 Å². The summed E-state index contributed by atoms with van der Waals surface area (Å²) in [7, 11) is 3.42. The van der Waals surface area contributed by atoms with Crippen LogP contribution in [-0.4, -0.2) is 20.3 Å². The van der Waals surface area contributed by atoms with Crippen molar-refractivity contribution in [2.45, 2.75) is 26.4 Å². The Morgan fingerprint density at radius 3 is 2.69 bits per heavy atom. The van der Waals surface area contributed by atoms with E-state index < -0.39 is 0 Å². The minimum Gasteiger partial charge on any atom is -0.496 e. The molecule has 0 bridgehead atoms. The van der Waals surface area contributed by atoms with E-state index in [9.17, 15) is 0 Å². The predicted molar refractivity (Wildman–Crippen MR) is 67.9 cm³/mol. The van der Waals surface area contributed by atoms with Gasteiger partial charge in [-0.3, -0.25) is 0 Å². The Bertz CT molecular complexity index is 356. The zero-order valence-corrected chi connectivity index (χ0v) is 10.5. The van der Waals surface area contributed by atoms with E-state index in [4.69, 9.17) is 9.47 Å². The van der Waals surface area contributed by atoms with E-state index in [-0.39, 0.29) is 6.10 Å². The number of methoxy groups -OCH3 is 2. The van der Waals surface area contributed by atoms with Crippen LogP contribution in [0.5, 0.6) is 5.75 Å². The molecule has 0 aliphatic rings. The first-order chi connectivity index (χ1) is 7.67. The molecule has 0 amide bonds. The lowest BCUT2D eigenvalue weighted by molar-refractivity contribution is 0.121. The number of hydrogen-bond acceptors (Lipinski definition) is 2. The van der Waals surface area contributed by atoms with Crippen molar-refractivity contribution in [3.8, 4) is 5.75 Å². The Hall–Kier alpha value is -1.28. The monoisotopic (exact) mass is 220 g/mol. The second kappa shape index (κ2) is 6.33.